The number of hydrogen-bond donors (Lipinski definition) is 2. The molecule has 3 N–H and O–H groups in total. The monoisotopic (exact) mass is 432 g/mol. The van der Waals surface area contributed by atoms with Crippen molar-refractivity contribution in [2.24, 2.45) is 5.14 Å². The molecule has 0 radical (unpaired) electrons. The van der Waals surface area contributed by atoms with Crippen LogP contribution < -0.4 is 10.5 Å². The SMILES string of the molecule is Cc1ccc(-c2nn(-c3ccccc3)cc2CNc2cccc(S(N)(=O)=O)c2)c(C)c1. The van der Waals surface area contributed by atoms with E-state index >= 15 is 0 Å². The number of benzene rings is 3. The van der Waals surface area contributed by atoms with Gasteiger partial charge in [0.05, 0.1) is 16.3 Å². The van der Waals surface area contributed by atoms with Crippen molar-refractivity contribution in [1.82, 2.24) is 9.78 Å². The molecule has 0 unspecified atom stereocenters. The topological polar surface area (TPSA) is 90.0 Å². The number of hydrogen-bond acceptors (Lipinski definition) is 4. The van der Waals surface area contributed by atoms with Crippen LogP contribution in [0.3, 0.4) is 0 Å². The van der Waals surface area contributed by atoms with E-state index in [0.29, 0.717) is 12.2 Å². The summed E-state index contributed by atoms with van der Waals surface area (Å²) in [6.45, 7) is 4.63. The standard InChI is InChI=1S/C24H24N4O2S/c1-17-11-12-23(18(2)13-17)24-19(16-28(27-24)21-8-4-3-5-9-21)15-26-20-7-6-10-22(14-20)31(25,29)30/h3-14,16,26H,15H2,1-2H3,(H2,25,29,30). The van der Waals surface area contributed by atoms with Crippen LogP contribution in [0.4, 0.5) is 5.69 Å². The van der Waals surface area contributed by atoms with E-state index < -0.39 is 10.0 Å². The van der Waals surface area contributed by atoms with Gasteiger partial charge in [0.15, 0.2) is 0 Å². The number of primary sulfonamides is 1. The smallest absolute Gasteiger partial charge is 0.238 e. The second kappa shape index (κ2) is 8.37. The lowest BCUT2D eigenvalue weighted by molar-refractivity contribution is 0.598. The van der Waals surface area contributed by atoms with Gasteiger partial charge in [-0.05, 0) is 49.7 Å². The average Bonchev–Trinajstić information content (AvgIpc) is 3.16. The molecule has 0 amide bonds. The molecular weight excluding hydrogens is 408 g/mol. The predicted molar refractivity (Wildman–Crippen MR) is 124 cm³/mol. The number of nitrogens with zero attached hydrogens (tertiary/aromatic N) is 2. The molecule has 0 atom stereocenters. The van der Waals surface area contributed by atoms with Crippen LogP contribution in [0.2, 0.25) is 0 Å². The zero-order valence-corrected chi connectivity index (χ0v) is 18.2. The summed E-state index contributed by atoms with van der Waals surface area (Å²) in [6.07, 6.45) is 2.00. The summed E-state index contributed by atoms with van der Waals surface area (Å²) in [5.41, 5.74) is 6.93. The average molecular weight is 433 g/mol. The fraction of sp³-hybridized carbons (Fsp3) is 0.125. The summed E-state index contributed by atoms with van der Waals surface area (Å²) < 4.78 is 25.2. The van der Waals surface area contributed by atoms with Crippen molar-refractivity contribution in [2.45, 2.75) is 25.3 Å². The van der Waals surface area contributed by atoms with Gasteiger partial charge in [0.1, 0.15) is 0 Å². The van der Waals surface area contributed by atoms with E-state index in [2.05, 4.69) is 37.4 Å². The first-order valence-corrected chi connectivity index (χ1v) is 11.4. The van der Waals surface area contributed by atoms with Gasteiger partial charge in [-0.2, -0.15) is 5.10 Å². The Balaban J connectivity index is 1.71. The molecule has 6 nitrogen and oxygen atoms in total. The number of sulfonamides is 1. The lowest BCUT2D eigenvalue weighted by Crippen LogP contribution is -2.12. The Bertz CT molecular complexity index is 1330. The Morgan fingerprint density at radius 3 is 2.45 bits per heavy atom. The molecule has 0 aliphatic heterocycles. The summed E-state index contributed by atoms with van der Waals surface area (Å²) >= 11 is 0. The molecule has 31 heavy (non-hydrogen) atoms. The third kappa shape index (κ3) is 4.68. The van der Waals surface area contributed by atoms with Gasteiger partial charge in [-0.15, -0.1) is 0 Å². The highest BCUT2D eigenvalue weighted by molar-refractivity contribution is 7.89. The van der Waals surface area contributed by atoms with Gasteiger partial charge >= 0.3 is 0 Å². The Kier molecular flexibility index (Phi) is 5.63. The fourth-order valence-electron chi connectivity index (χ4n) is 3.54. The molecule has 7 heteroatoms. The van der Waals surface area contributed by atoms with Crippen molar-refractivity contribution in [2.75, 3.05) is 5.32 Å². The molecule has 158 valence electrons. The minimum Gasteiger partial charge on any atom is -0.381 e. The van der Waals surface area contributed by atoms with Gasteiger partial charge in [-0.25, -0.2) is 18.2 Å². The molecule has 0 aliphatic rings. The summed E-state index contributed by atoms with van der Waals surface area (Å²) in [6, 6.07) is 22.7. The third-order valence-electron chi connectivity index (χ3n) is 5.09. The van der Waals surface area contributed by atoms with Crippen molar-refractivity contribution < 1.29 is 8.42 Å². The van der Waals surface area contributed by atoms with E-state index in [4.69, 9.17) is 10.2 Å². The van der Waals surface area contributed by atoms with Crippen molar-refractivity contribution in [3.8, 4) is 16.9 Å². The van der Waals surface area contributed by atoms with Crippen molar-refractivity contribution in [3.63, 3.8) is 0 Å². The lowest BCUT2D eigenvalue weighted by atomic mass is 10.0. The highest BCUT2D eigenvalue weighted by Gasteiger charge is 2.15. The normalized spacial score (nSPS) is 11.5. The maximum Gasteiger partial charge on any atom is 0.238 e. The van der Waals surface area contributed by atoms with Gasteiger partial charge in [-0.3, -0.25) is 0 Å². The van der Waals surface area contributed by atoms with Gasteiger partial charge < -0.3 is 5.32 Å². The van der Waals surface area contributed by atoms with Gasteiger partial charge in [0.2, 0.25) is 10.0 Å². The summed E-state index contributed by atoms with van der Waals surface area (Å²) in [5.74, 6) is 0. The van der Waals surface area contributed by atoms with Crippen LogP contribution in [0.5, 0.6) is 0 Å². The number of aromatic nitrogens is 2. The predicted octanol–water partition coefficient (Wildman–Crippen LogP) is 4.42. The molecule has 0 aliphatic carbocycles. The molecule has 0 fully saturated rings. The molecule has 0 saturated heterocycles. The molecule has 3 aromatic carbocycles. The minimum absolute atomic E-state index is 0.0760. The Labute approximate surface area is 182 Å². The minimum atomic E-state index is -3.76. The highest BCUT2D eigenvalue weighted by atomic mass is 32.2. The molecule has 0 saturated carbocycles. The second-order valence-electron chi connectivity index (χ2n) is 7.53. The van der Waals surface area contributed by atoms with E-state index in [9.17, 15) is 8.42 Å². The fourth-order valence-corrected chi connectivity index (χ4v) is 4.10. The largest absolute Gasteiger partial charge is 0.381 e. The first-order valence-electron chi connectivity index (χ1n) is 9.89. The third-order valence-corrected chi connectivity index (χ3v) is 6.00. The molecule has 0 bridgehead atoms. The Hall–Kier alpha value is -3.42. The van der Waals surface area contributed by atoms with Crippen LogP contribution in [0.15, 0.2) is 83.9 Å². The Morgan fingerprint density at radius 1 is 0.968 bits per heavy atom. The molecule has 1 heterocycles. The number of para-hydroxylation sites is 1. The number of rotatable bonds is 6. The van der Waals surface area contributed by atoms with Crippen LogP contribution in [0, 0.1) is 13.8 Å². The second-order valence-corrected chi connectivity index (χ2v) is 9.09. The molecule has 4 rings (SSSR count). The van der Waals surface area contributed by atoms with Crippen LogP contribution in [-0.2, 0) is 16.6 Å². The first kappa shape index (κ1) is 20.8. The van der Waals surface area contributed by atoms with Crippen molar-refractivity contribution in [1.29, 1.82) is 0 Å². The van der Waals surface area contributed by atoms with E-state index in [1.54, 1.807) is 6.07 Å². The number of nitrogens with two attached hydrogens (primary N) is 1. The number of anilines is 1. The maximum atomic E-state index is 11.7. The van der Waals surface area contributed by atoms with E-state index in [-0.39, 0.29) is 4.90 Å². The lowest BCUT2D eigenvalue weighted by Gasteiger charge is -2.10. The molecule has 4 aromatic rings. The van der Waals surface area contributed by atoms with Crippen molar-refractivity contribution >= 4 is 15.7 Å². The van der Waals surface area contributed by atoms with Crippen LogP contribution in [0.1, 0.15) is 16.7 Å². The number of aryl methyl sites for hydroxylation is 2. The van der Waals surface area contributed by atoms with Gasteiger partial charge in [0.25, 0.3) is 0 Å². The van der Waals surface area contributed by atoms with E-state index in [0.717, 1.165) is 28.1 Å². The molecule has 1 aromatic heterocycles. The van der Waals surface area contributed by atoms with Crippen LogP contribution in [-0.4, -0.2) is 18.2 Å². The van der Waals surface area contributed by atoms with Gasteiger partial charge in [0, 0.05) is 29.6 Å². The molecule has 0 spiro atoms. The zero-order valence-electron chi connectivity index (χ0n) is 17.4. The van der Waals surface area contributed by atoms with Gasteiger partial charge in [-0.1, -0.05) is 48.0 Å². The summed E-state index contributed by atoms with van der Waals surface area (Å²) in [5, 5.41) is 13.4. The van der Waals surface area contributed by atoms with Crippen molar-refractivity contribution in [3.05, 3.63) is 95.7 Å². The van der Waals surface area contributed by atoms with E-state index in [1.165, 1.54) is 17.7 Å². The zero-order chi connectivity index (χ0) is 22.0. The highest BCUT2D eigenvalue weighted by Crippen LogP contribution is 2.28. The first-order chi connectivity index (χ1) is 14.8. The summed E-state index contributed by atoms with van der Waals surface area (Å²) in [4.78, 5) is 0.0760. The van der Waals surface area contributed by atoms with Crippen LogP contribution >= 0.6 is 0 Å². The molecular formula is C24H24N4O2S. The van der Waals surface area contributed by atoms with E-state index in [1.807, 2.05) is 47.3 Å². The number of nitrogens with one attached hydrogen (secondary N) is 1. The Morgan fingerprint density at radius 2 is 1.74 bits per heavy atom. The maximum absolute atomic E-state index is 11.7. The van der Waals surface area contributed by atoms with Crippen LogP contribution in [0.25, 0.3) is 16.9 Å². The summed E-state index contributed by atoms with van der Waals surface area (Å²) in [7, 11) is -3.76. The quantitative estimate of drug-likeness (QED) is 0.472.